The second kappa shape index (κ2) is 8.47. The zero-order valence-electron chi connectivity index (χ0n) is 16.4. The summed E-state index contributed by atoms with van der Waals surface area (Å²) in [7, 11) is -3.89. The third-order valence-corrected chi connectivity index (χ3v) is 7.91. The number of ether oxygens (including phenoxy) is 1. The molecule has 2 heterocycles. The number of halogens is 2. The Morgan fingerprint density at radius 3 is 2.60 bits per heavy atom. The van der Waals surface area contributed by atoms with Crippen molar-refractivity contribution in [2.45, 2.75) is 31.2 Å². The van der Waals surface area contributed by atoms with E-state index in [1.165, 1.54) is 16.4 Å². The van der Waals surface area contributed by atoms with Crippen LogP contribution < -0.4 is 5.32 Å². The van der Waals surface area contributed by atoms with Crippen LogP contribution in [-0.2, 0) is 21.3 Å². The van der Waals surface area contributed by atoms with Gasteiger partial charge >= 0.3 is 0 Å². The van der Waals surface area contributed by atoms with Crippen molar-refractivity contribution in [3.8, 4) is 0 Å². The van der Waals surface area contributed by atoms with Crippen LogP contribution in [0.15, 0.2) is 23.2 Å². The van der Waals surface area contributed by atoms with Crippen molar-refractivity contribution in [1.82, 2.24) is 14.1 Å². The minimum Gasteiger partial charge on any atom is -0.379 e. The van der Waals surface area contributed by atoms with Gasteiger partial charge in [-0.25, -0.2) is 13.1 Å². The van der Waals surface area contributed by atoms with Gasteiger partial charge in [0.15, 0.2) is 0 Å². The topological polar surface area (TPSA) is 93.5 Å². The Labute approximate surface area is 185 Å². The summed E-state index contributed by atoms with van der Waals surface area (Å²) >= 11 is 12.5. The number of amides is 1. The van der Waals surface area contributed by atoms with Crippen LogP contribution in [0, 0.1) is 12.8 Å². The fraction of sp³-hybridized carbons (Fsp3) is 0.474. The van der Waals surface area contributed by atoms with E-state index in [1.54, 1.807) is 10.9 Å². The summed E-state index contributed by atoms with van der Waals surface area (Å²) in [6, 6.07) is 2.53. The predicted octanol–water partition coefficient (Wildman–Crippen LogP) is 3.18. The van der Waals surface area contributed by atoms with E-state index in [1.807, 2.05) is 6.92 Å². The molecule has 0 spiro atoms. The molecule has 11 heteroatoms. The number of benzene rings is 1. The summed E-state index contributed by atoms with van der Waals surface area (Å²) in [6.07, 6.45) is 3.99. The van der Waals surface area contributed by atoms with Gasteiger partial charge in [-0.05, 0) is 37.8 Å². The summed E-state index contributed by atoms with van der Waals surface area (Å²) in [5.74, 6) is 0.635. The van der Waals surface area contributed by atoms with Gasteiger partial charge in [-0.15, -0.1) is 0 Å². The second-order valence-electron chi connectivity index (χ2n) is 7.53. The number of nitrogens with zero attached hydrogens (tertiary/aromatic N) is 3. The monoisotopic (exact) mass is 472 g/mol. The number of carbonyl (C=O) groups is 1. The van der Waals surface area contributed by atoms with Crippen LogP contribution in [-0.4, -0.2) is 54.7 Å². The molecule has 1 aromatic heterocycles. The summed E-state index contributed by atoms with van der Waals surface area (Å²) in [5, 5.41) is 7.21. The summed E-state index contributed by atoms with van der Waals surface area (Å²) in [4.78, 5) is 12.8. The average Bonchev–Trinajstić information content (AvgIpc) is 3.47. The number of carbonyl (C=O) groups excluding carboxylic acids is 1. The van der Waals surface area contributed by atoms with Gasteiger partial charge in [-0.2, -0.15) is 9.40 Å². The summed E-state index contributed by atoms with van der Waals surface area (Å²) in [5.41, 5.74) is 0.849. The lowest BCUT2D eigenvalue weighted by atomic mass is 10.2. The van der Waals surface area contributed by atoms with E-state index >= 15 is 0 Å². The summed E-state index contributed by atoms with van der Waals surface area (Å²) < 4.78 is 34.4. The van der Waals surface area contributed by atoms with Crippen LogP contribution in [0.4, 0.5) is 5.82 Å². The number of hydrogen-bond donors (Lipinski definition) is 1. The van der Waals surface area contributed by atoms with Gasteiger partial charge < -0.3 is 10.1 Å². The minimum absolute atomic E-state index is 0.0296. The molecular formula is C19H22Cl2N4O4S. The molecule has 1 saturated carbocycles. The maximum Gasteiger partial charge on any atom is 0.258 e. The lowest BCUT2D eigenvalue weighted by Crippen LogP contribution is -2.40. The standard InChI is InChI=1S/C19H22Cl2N4O4S/c1-12-10-22-25(11-13-2-3-13)18(12)23-19(26)14-8-17(16(21)9-15(14)20)30(27,28)24-4-6-29-7-5-24/h8-10,13H,2-7,11H2,1H3,(H,23,26). The van der Waals surface area contributed by atoms with Crippen LogP contribution in [0.25, 0.3) is 0 Å². The van der Waals surface area contributed by atoms with Crippen LogP contribution >= 0.6 is 23.2 Å². The molecule has 2 aromatic rings. The van der Waals surface area contributed by atoms with Crippen LogP contribution in [0.1, 0.15) is 28.8 Å². The van der Waals surface area contributed by atoms with E-state index in [0.29, 0.717) is 24.9 Å². The number of sulfonamides is 1. The van der Waals surface area contributed by atoms with E-state index in [2.05, 4.69) is 10.4 Å². The number of morpholine rings is 1. The first kappa shape index (κ1) is 21.6. The quantitative estimate of drug-likeness (QED) is 0.696. The highest BCUT2D eigenvalue weighted by atomic mass is 35.5. The molecule has 1 amide bonds. The molecule has 1 N–H and O–H groups in total. The predicted molar refractivity (Wildman–Crippen MR) is 114 cm³/mol. The van der Waals surface area contributed by atoms with Crippen LogP contribution in [0.3, 0.4) is 0 Å². The molecule has 0 unspecified atom stereocenters. The van der Waals surface area contributed by atoms with Crippen LogP contribution in [0.5, 0.6) is 0 Å². The number of nitrogens with one attached hydrogen (secondary N) is 1. The first-order valence-corrected chi connectivity index (χ1v) is 11.9. The van der Waals surface area contributed by atoms with Crippen molar-refractivity contribution in [2.24, 2.45) is 5.92 Å². The molecular weight excluding hydrogens is 451 g/mol. The Morgan fingerprint density at radius 2 is 1.93 bits per heavy atom. The molecule has 0 bridgehead atoms. The number of hydrogen-bond acceptors (Lipinski definition) is 5. The minimum atomic E-state index is -3.89. The van der Waals surface area contributed by atoms with Crippen molar-refractivity contribution < 1.29 is 17.9 Å². The van der Waals surface area contributed by atoms with Gasteiger partial charge in [-0.1, -0.05) is 23.2 Å². The largest absolute Gasteiger partial charge is 0.379 e. The van der Waals surface area contributed by atoms with E-state index in [4.69, 9.17) is 27.9 Å². The number of rotatable bonds is 6. The Hall–Kier alpha value is -1.65. The molecule has 30 heavy (non-hydrogen) atoms. The highest BCUT2D eigenvalue weighted by molar-refractivity contribution is 7.89. The number of aromatic nitrogens is 2. The molecule has 0 atom stereocenters. The lowest BCUT2D eigenvalue weighted by Gasteiger charge is -2.26. The maximum absolute atomic E-state index is 13.0. The molecule has 8 nitrogen and oxygen atoms in total. The molecule has 1 aliphatic heterocycles. The van der Waals surface area contributed by atoms with Crippen molar-refractivity contribution in [3.63, 3.8) is 0 Å². The first-order valence-electron chi connectivity index (χ1n) is 9.68. The second-order valence-corrected chi connectivity index (χ2v) is 10.3. The van der Waals surface area contributed by atoms with Gasteiger partial charge in [0.2, 0.25) is 10.0 Å². The first-order chi connectivity index (χ1) is 14.3. The average molecular weight is 473 g/mol. The Bertz CT molecular complexity index is 1080. The molecule has 1 aromatic carbocycles. The highest BCUT2D eigenvalue weighted by Crippen LogP contribution is 2.33. The van der Waals surface area contributed by atoms with Gasteiger partial charge in [0, 0.05) is 25.2 Å². The van der Waals surface area contributed by atoms with E-state index in [0.717, 1.165) is 24.9 Å². The van der Waals surface area contributed by atoms with E-state index < -0.39 is 15.9 Å². The zero-order chi connectivity index (χ0) is 21.5. The van der Waals surface area contributed by atoms with Gasteiger partial charge in [0.25, 0.3) is 5.91 Å². The third kappa shape index (κ3) is 4.36. The van der Waals surface area contributed by atoms with Gasteiger partial charge in [-0.3, -0.25) is 4.79 Å². The third-order valence-electron chi connectivity index (χ3n) is 5.24. The molecule has 162 valence electrons. The normalized spacial score (nSPS) is 17.8. The van der Waals surface area contributed by atoms with Gasteiger partial charge in [0.05, 0.1) is 35.0 Å². The number of aryl methyl sites for hydroxylation is 1. The SMILES string of the molecule is Cc1cnn(CC2CC2)c1NC(=O)c1cc(S(=O)(=O)N2CCOCC2)c(Cl)cc1Cl. The smallest absolute Gasteiger partial charge is 0.258 e. The van der Waals surface area contributed by atoms with E-state index in [-0.39, 0.29) is 33.6 Å². The maximum atomic E-state index is 13.0. The van der Waals surface area contributed by atoms with Crippen molar-refractivity contribution in [2.75, 3.05) is 31.6 Å². The molecule has 4 rings (SSSR count). The molecule has 2 fully saturated rings. The van der Waals surface area contributed by atoms with Crippen molar-refractivity contribution >= 4 is 45.0 Å². The fourth-order valence-electron chi connectivity index (χ4n) is 3.33. The Morgan fingerprint density at radius 1 is 1.23 bits per heavy atom. The summed E-state index contributed by atoms with van der Waals surface area (Å²) in [6.45, 7) is 3.65. The van der Waals surface area contributed by atoms with Crippen molar-refractivity contribution in [3.05, 3.63) is 39.5 Å². The number of anilines is 1. The molecule has 1 aliphatic carbocycles. The van der Waals surface area contributed by atoms with Gasteiger partial charge in [0.1, 0.15) is 10.7 Å². The Balaban J connectivity index is 1.64. The zero-order valence-corrected chi connectivity index (χ0v) is 18.7. The fourth-order valence-corrected chi connectivity index (χ4v) is 5.57. The van der Waals surface area contributed by atoms with Crippen molar-refractivity contribution in [1.29, 1.82) is 0 Å². The molecule has 2 aliphatic rings. The Kier molecular flexibility index (Phi) is 6.09. The van der Waals surface area contributed by atoms with Crippen LogP contribution in [0.2, 0.25) is 10.0 Å². The lowest BCUT2D eigenvalue weighted by molar-refractivity contribution is 0.0730. The molecule has 0 radical (unpaired) electrons. The van der Waals surface area contributed by atoms with E-state index in [9.17, 15) is 13.2 Å². The highest BCUT2D eigenvalue weighted by Gasteiger charge is 2.30. The molecule has 1 saturated heterocycles.